The quantitative estimate of drug-likeness (QED) is 0.272. The molecule has 0 spiro atoms. The average Bonchev–Trinajstić information content (AvgIpc) is 2.74. The zero-order valence-corrected chi connectivity index (χ0v) is 16.7. The Morgan fingerprint density at radius 3 is 2.38 bits per heavy atom. The Kier molecular flexibility index (Phi) is 6.62. The summed E-state index contributed by atoms with van der Waals surface area (Å²) < 4.78 is 0. The molecule has 1 atom stereocenters. The first-order valence-electron chi connectivity index (χ1n) is 9.35. The van der Waals surface area contributed by atoms with Crippen molar-refractivity contribution in [2.75, 3.05) is 5.32 Å². The van der Waals surface area contributed by atoms with Crippen molar-refractivity contribution in [1.82, 2.24) is 0 Å². The molecule has 29 heavy (non-hydrogen) atoms. The molecule has 0 aliphatic rings. The maximum Gasteiger partial charge on any atom is 0.288 e. The van der Waals surface area contributed by atoms with Gasteiger partial charge in [0.2, 0.25) is 0 Å². The van der Waals surface area contributed by atoms with E-state index < -0.39 is 11.0 Å². The smallest absolute Gasteiger partial charge is 0.288 e. The fourth-order valence-electron chi connectivity index (χ4n) is 3.10. The minimum atomic E-state index is -0.516. The first-order valence-corrected chi connectivity index (χ1v) is 9.73. The molecule has 0 aliphatic heterocycles. The van der Waals surface area contributed by atoms with Gasteiger partial charge in [0.1, 0.15) is 5.02 Å². The van der Waals surface area contributed by atoms with Gasteiger partial charge in [0, 0.05) is 23.7 Å². The predicted molar refractivity (Wildman–Crippen MR) is 116 cm³/mol. The molecule has 0 aromatic heterocycles. The number of hydrogen-bond donors (Lipinski definition) is 1. The van der Waals surface area contributed by atoms with Crippen LogP contribution >= 0.6 is 11.6 Å². The normalized spacial score (nSPS) is 11.7. The summed E-state index contributed by atoms with van der Waals surface area (Å²) in [5, 5.41) is 14.7. The fourth-order valence-corrected chi connectivity index (χ4v) is 3.29. The molecule has 0 heterocycles. The standard InChI is InChI=1S/C23H21ClN2O3/c1-2-16-8-11-19(12-9-16)25-21(15-23(27)17-6-4-3-5-7-17)18-10-13-20(24)22(14-18)26(28)29/h3-14,21,25H,2,15H2,1H3. The molecular formula is C23H21ClN2O3. The predicted octanol–water partition coefficient (Wildman–Crippen LogP) is 6.24. The lowest BCUT2D eigenvalue weighted by Gasteiger charge is -2.20. The molecule has 3 aromatic carbocycles. The number of nitro benzene ring substituents is 1. The van der Waals surface area contributed by atoms with Gasteiger partial charge in [-0.3, -0.25) is 14.9 Å². The van der Waals surface area contributed by atoms with Gasteiger partial charge in [0.05, 0.1) is 11.0 Å². The number of nitro groups is 1. The molecule has 6 heteroatoms. The summed E-state index contributed by atoms with van der Waals surface area (Å²) in [7, 11) is 0. The van der Waals surface area contributed by atoms with Gasteiger partial charge in [-0.1, -0.05) is 67.1 Å². The fraction of sp³-hybridized carbons (Fsp3) is 0.174. The third kappa shape index (κ3) is 5.21. The van der Waals surface area contributed by atoms with Gasteiger partial charge in [-0.2, -0.15) is 0 Å². The minimum Gasteiger partial charge on any atom is -0.378 e. The van der Waals surface area contributed by atoms with Gasteiger partial charge in [0.25, 0.3) is 5.69 Å². The van der Waals surface area contributed by atoms with E-state index in [2.05, 4.69) is 12.2 Å². The van der Waals surface area contributed by atoms with Crippen LogP contribution in [0.25, 0.3) is 0 Å². The Labute approximate surface area is 174 Å². The second-order valence-corrected chi connectivity index (χ2v) is 7.12. The van der Waals surface area contributed by atoms with E-state index in [0.717, 1.165) is 12.1 Å². The summed E-state index contributed by atoms with van der Waals surface area (Å²) in [5.41, 5.74) is 3.10. The van der Waals surface area contributed by atoms with Crippen molar-refractivity contribution in [2.24, 2.45) is 0 Å². The molecule has 0 saturated heterocycles. The van der Waals surface area contributed by atoms with Gasteiger partial charge in [-0.05, 0) is 35.7 Å². The lowest BCUT2D eigenvalue weighted by atomic mass is 9.97. The molecule has 0 radical (unpaired) electrons. The van der Waals surface area contributed by atoms with Crippen molar-refractivity contribution < 1.29 is 9.72 Å². The minimum absolute atomic E-state index is 0.0501. The van der Waals surface area contributed by atoms with E-state index in [1.807, 2.05) is 42.5 Å². The lowest BCUT2D eigenvalue weighted by molar-refractivity contribution is -0.384. The van der Waals surface area contributed by atoms with Crippen molar-refractivity contribution >= 4 is 28.8 Å². The van der Waals surface area contributed by atoms with E-state index >= 15 is 0 Å². The highest BCUT2D eigenvalue weighted by Crippen LogP contribution is 2.31. The molecule has 1 N–H and O–H groups in total. The van der Waals surface area contributed by atoms with Crippen LogP contribution in [0.5, 0.6) is 0 Å². The highest BCUT2D eigenvalue weighted by Gasteiger charge is 2.21. The molecule has 5 nitrogen and oxygen atoms in total. The average molecular weight is 409 g/mol. The summed E-state index contributed by atoms with van der Waals surface area (Å²) in [6, 6.07) is 21.1. The van der Waals surface area contributed by atoms with Crippen LogP contribution in [0.4, 0.5) is 11.4 Å². The summed E-state index contributed by atoms with van der Waals surface area (Å²) in [6.45, 7) is 2.08. The molecule has 3 aromatic rings. The Hall–Kier alpha value is -3.18. The number of halogens is 1. The monoisotopic (exact) mass is 408 g/mol. The molecule has 0 amide bonds. The number of nitrogens with one attached hydrogen (secondary N) is 1. The maximum atomic E-state index is 12.8. The van der Waals surface area contributed by atoms with Gasteiger partial charge < -0.3 is 5.32 Å². The van der Waals surface area contributed by atoms with Crippen LogP contribution in [0.1, 0.15) is 40.9 Å². The lowest BCUT2D eigenvalue weighted by Crippen LogP contribution is -2.16. The topological polar surface area (TPSA) is 72.2 Å². The second kappa shape index (κ2) is 9.34. The van der Waals surface area contributed by atoms with Crippen LogP contribution in [-0.4, -0.2) is 10.7 Å². The molecule has 0 bridgehead atoms. The largest absolute Gasteiger partial charge is 0.378 e. The summed E-state index contributed by atoms with van der Waals surface area (Å²) in [6.07, 6.45) is 1.08. The molecule has 148 valence electrons. The van der Waals surface area contributed by atoms with Gasteiger partial charge in [-0.25, -0.2) is 0 Å². The Balaban J connectivity index is 1.93. The Bertz CT molecular complexity index is 1000. The number of aryl methyl sites for hydroxylation is 1. The molecule has 0 saturated carbocycles. The summed E-state index contributed by atoms with van der Waals surface area (Å²) >= 11 is 5.96. The number of carbonyl (C=O) groups is 1. The SMILES string of the molecule is CCc1ccc(NC(CC(=O)c2ccccc2)c2ccc(Cl)c([N+](=O)[O-])c2)cc1. The number of ketones is 1. The van der Waals surface area contributed by atoms with Gasteiger partial charge in [0.15, 0.2) is 5.78 Å². The number of rotatable bonds is 8. The summed E-state index contributed by atoms with van der Waals surface area (Å²) in [4.78, 5) is 23.6. The highest BCUT2D eigenvalue weighted by atomic mass is 35.5. The van der Waals surface area contributed by atoms with Crippen LogP contribution in [0.2, 0.25) is 5.02 Å². The van der Waals surface area contributed by atoms with Crippen molar-refractivity contribution in [3.05, 3.63) is 105 Å². The van der Waals surface area contributed by atoms with E-state index in [1.54, 1.807) is 18.2 Å². The van der Waals surface area contributed by atoms with Gasteiger partial charge in [-0.15, -0.1) is 0 Å². The van der Waals surface area contributed by atoms with E-state index in [1.165, 1.54) is 17.7 Å². The number of Topliss-reactive ketones (excluding diaryl/α,β-unsaturated/α-hetero) is 1. The Morgan fingerprint density at radius 2 is 1.76 bits per heavy atom. The number of carbonyl (C=O) groups excluding carboxylic acids is 1. The van der Waals surface area contributed by atoms with Gasteiger partial charge >= 0.3 is 0 Å². The zero-order chi connectivity index (χ0) is 20.8. The number of anilines is 1. The first-order chi connectivity index (χ1) is 14.0. The number of nitrogens with zero attached hydrogens (tertiary/aromatic N) is 1. The van der Waals surface area contributed by atoms with Crippen LogP contribution in [-0.2, 0) is 6.42 Å². The van der Waals surface area contributed by atoms with Crippen LogP contribution in [0.3, 0.4) is 0 Å². The zero-order valence-electron chi connectivity index (χ0n) is 16.0. The summed E-state index contributed by atoms with van der Waals surface area (Å²) in [5.74, 6) is -0.0501. The molecular weight excluding hydrogens is 388 g/mol. The van der Waals surface area contributed by atoms with Crippen molar-refractivity contribution in [1.29, 1.82) is 0 Å². The van der Waals surface area contributed by atoms with Crippen LogP contribution < -0.4 is 5.32 Å². The van der Waals surface area contributed by atoms with Crippen molar-refractivity contribution in [3.8, 4) is 0 Å². The molecule has 3 rings (SSSR count). The van der Waals surface area contributed by atoms with E-state index in [9.17, 15) is 14.9 Å². The highest BCUT2D eigenvalue weighted by molar-refractivity contribution is 6.32. The van der Waals surface area contributed by atoms with Crippen molar-refractivity contribution in [3.63, 3.8) is 0 Å². The number of benzene rings is 3. The molecule has 0 fully saturated rings. The van der Waals surface area contributed by atoms with Crippen molar-refractivity contribution in [2.45, 2.75) is 25.8 Å². The van der Waals surface area contributed by atoms with E-state index in [0.29, 0.717) is 11.1 Å². The third-order valence-electron chi connectivity index (χ3n) is 4.76. The third-order valence-corrected chi connectivity index (χ3v) is 5.08. The van der Waals surface area contributed by atoms with Crippen LogP contribution in [0.15, 0.2) is 72.8 Å². The van der Waals surface area contributed by atoms with Crippen LogP contribution in [0, 0.1) is 10.1 Å². The molecule has 1 unspecified atom stereocenters. The van der Waals surface area contributed by atoms with E-state index in [-0.39, 0.29) is 22.9 Å². The second-order valence-electron chi connectivity index (χ2n) is 6.71. The molecule has 0 aliphatic carbocycles. The van der Waals surface area contributed by atoms with E-state index in [4.69, 9.17) is 11.6 Å². The Morgan fingerprint density at radius 1 is 1.07 bits per heavy atom. The maximum absolute atomic E-state index is 12.8. The number of hydrogen-bond acceptors (Lipinski definition) is 4. The first kappa shape index (κ1) is 20.6.